The van der Waals surface area contributed by atoms with E-state index < -0.39 is 9.84 Å². The van der Waals surface area contributed by atoms with Gasteiger partial charge in [0.05, 0.1) is 24.6 Å². The van der Waals surface area contributed by atoms with E-state index in [4.69, 9.17) is 16.3 Å². The molecule has 2 rings (SSSR count). The van der Waals surface area contributed by atoms with Crippen LogP contribution in [0.3, 0.4) is 0 Å². The molecule has 0 fully saturated rings. The molecular weight excluding hydrogens is 262 g/mol. The Balaban J connectivity index is 2.19. The fourth-order valence-electron chi connectivity index (χ4n) is 1.66. The van der Waals surface area contributed by atoms with Crippen LogP contribution in [0.5, 0.6) is 5.75 Å². The van der Waals surface area contributed by atoms with Crippen LogP contribution in [-0.2, 0) is 9.84 Å². The van der Waals surface area contributed by atoms with Crippen molar-refractivity contribution in [3.05, 3.63) is 34.7 Å². The number of nitrogens with one attached hydrogen (secondary N) is 1. The first-order chi connectivity index (χ1) is 8.00. The molecule has 0 radical (unpaired) electrons. The molecule has 1 atom stereocenters. The number of rotatable bonds is 3. The van der Waals surface area contributed by atoms with Crippen molar-refractivity contribution in [1.82, 2.24) is 0 Å². The molecule has 1 aliphatic heterocycles. The smallest absolute Gasteiger partial charge is 0.173 e. The maximum atomic E-state index is 11.3. The lowest BCUT2D eigenvalue weighted by Crippen LogP contribution is -2.21. The van der Waals surface area contributed by atoms with Crippen LogP contribution in [0.4, 0.5) is 5.69 Å². The molecule has 0 spiro atoms. The predicted octanol–water partition coefficient (Wildman–Crippen LogP) is 2.07. The van der Waals surface area contributed by atoms with Gasteiger partial charge >= 0.3 is 0 Å². The maximum Gasteiger partial charge on any atom is 0.173 e. The maximum absolute atomic E-state index is 11.3. The number of ether oxygens (including phenoxy) is 1. The minimum absolute atomic E-state index is 0.0582. The summed E-state index contributed by atoms with van der Waals surface area (Å²) >= 11 is 5.88. The first-order valence-corrected chi connectivity index (χ1v) is 7.10. The van der Waals surface area contributed by atoms with Crippen molar-refractivity contribution in [3.8, 4) is 5.75 Å². The van der Waals surface area contributed by atoms with E-state index in [0.29, 0.717) is 16.5 Å². The Bertz CT molecular complexity index is 554. The minimum atomic E-state index is -3.06. The van der Waals surface area contributed by atoms with E-state index in [-0.39, 0.29) is 11.8 Å². The normalized spacial score (nSPS) is 21.4. The topological polar surface area (TPSA) is 55.4 Å². The molecule has 1 aliphatic rings. The molecule has 1 aromatic rings. The van der Waals surface area contributed by atoms with Gasteiger partial charge in [0.15, 0.2) is 9.84 Å². The highest BCUT2D eigenvalue weighted by Gasteiger charge is 2.22. The zero-order chi connectivity index (χ0) is 12.5. The highest BCUT2D eigenvalue weighted by molar-refractivity contribution is 7.94. The van der Waals surface area contributed by atoms with E-state index in [0.717, 1.165) is 0 Å². The van der Waals surface area contributed by atoms with E-state index in [1.54, 1.807) is 31.4 Å². The average molecular weight is 274 g/mol. The monoisotopic (exact) mass is 273 g/mol. The van der Waals surface area contributed by atoms with E-state index in [9.17, 15) is 8.42 Å². The summed E-state index contributed by atoms with van der Waals surface area (Å²) in [6, 6.07) is 4.91. The third-order valence-corrected chi connectivity index (χ3v) is 4.06. The molecule has 0 aromatic heterocycles. The summed E-state index contributed by atoms with van der Waals surface area (Å²) < 4.78 is 27.7. The summed E-state index contributed by atoms with van der Waals surface area (Å²) in [6.45, 7) is 0. The molecule has 0 saturated carbocycles. The first kappa shape index (κ1) is 12.3. The molecule has 0 amide bonds. The van der Waals surface area contributed by atoms with E-state index in [1.165, 1.54) is 5.41 Å². The van der Waals surface area contributed by atoms with Crippen LogP contribution in [0.15, 0.2) is 29.7 Å². The van der Waals surface area contributed by atoms with E-state index in [1.807, 2.05) is 0 Å². The number of benzene rings is 1. The average Bonchev–Trinajstić information content (AvgIpc) is 2.58. The third kappa shape index (κ3) is 2.92. The van der Waals surface area contributed by atoms with Crippen molar-refractivity contribution in [2.75, 3.05) is 18.2 Å². The minimum Gasteiger partial charge on any atom is -0.495 e. The van der Waals surface area contributed by atoms with Crippen molar-refractivity contribution in [1.29, 1.82) is 0 Å². The van der Waals surface area contributed by atoms with Gasteiger partial charge in [-0.3, -0.25) is 0 Å². The lowest BCUT2D eigenvalue weighted by molar-refractivity contribution is 0.416. The molecule has 1 unspecified atom stereocenters. The largest absolute Gasteiger partial charge is 0.495 e. The van der Waals surface area contributed by atoms with E-state index >= 15 is 0 Å². The van der Waals surface area contributed by atoms with E-state index in [2.05, 4.69) is 5.32 Å². The summed E-state index contributed by atoms with van der Waals surface area (Å²) in [5, 5.41) is 4.87. The Labute approximate surface area is 105 Å². The van der Waals surface area contributed by atoms with Crippen LogP contribution in [0.1, 0.15) is 0 Å². The number of hydrogen-bond acceptors (Lipinski definition) is 4. The molecule has 1 N–H and O–H groups in total. The molecule has 17 heavy (non-hydrogen) atoms. The number of methoxy groups -OCH3 is 1. The van der Waals surface area contributed by atoms with Crippen molar-refractivity contribution in [2.24, 2.45) is 0 Å². The van der Waals surface area contributed by atoms with Crippen LogP contribution in [0.25, 0.3) is 0 Å². The SMILES string of the molecule is COc1ccc(Cl)cc1NC1C=CS(=O)(=O)C1. The van der Waals surface area contributed by atoms with Crippen LogP contribution < -0.4 is 10.1 Å². The summed E-state index contributed by atoms with van der Waals surface area (Å²) in [5.41, 5.74) is 0.687. The molecule has 1 aromatic carbocycles. The Kier molecular flexibility index (Phi) is 3.31. The number of sulfone groups is 1. The van der Waals surface area contributed by atoms with Gasteiger partial charge in [-0.2, -0.15) is 0 Å². The van der Waals surface area contributed by atoms with Gasteiger partial charge in [-0.1, -0.05) is 17.7 Å². The molecule has 6 heteroatoms. The number of anilines is 1. The summed E-state index contributed by atoms with van der Waals surface area (Å²) in [4.78, 5) is 0. The Morgan fingerprint density at radius 3 is 2.82 bits per heavy atom. The van der Waals surface area contributed by atoms with Gasteiger partial charge in [-0.05, 0) is 18.2 Å². The standard InChI is InChI=1S/C11H12ClNO3S/c1-16-11-3-2-8(12)6-10(11)13-9-4-5-17(14,15)7-9/h2-6,9,13H,7H2,1H3. The summed E-state index contributed by atoms with van der Waals surface area (Å²) in [6.07, 6.45) is 1.62. The zero-order valence-corrected chi connectivity index (χ0v) is 10.8. The van der Waals surface area contributed by atoms with Crippen molar-refractivity contribution in [3.63, 3.8) is 0 Å². The van der Waals surface area contributed by atoms with Crippen molar-refractivity contribution in [2.45, 2.75) is 6.04 Å². The highest BCUT2D eigenvalue weighted by Crippen LogP contribution is 2.29. The number of hydrogen-bond donors (Lipinski definition) is 1. The van der Waals surface area contributed by atoms with Gasteiger partial charge in [-0.25, -0.2) is 8.42 Å². The van der Waals surface area contributed by atoms with Crippen molar-refractivity contribution >= 4 is 27.1 Å². The zero-order valence-electron chi connectivity index (χ0n) is 9.18. The van der Waals surface area contributed by atoms with Crippen LogP contribution in [0.2, 0.25) is 5.02 Å². The molecule has 92 valence electrons. The Morgan fingerprint density at radius 1 is 1.47 bits per heavy atom. The molecule has 4 nitrogen and oxygen atoms in total. The number of halogens is 1. The van der Waals surface area contributed by atoms with Gasteiger partial charge in [0, 0.05) is 10.4 Å². The van der Waals surface area contributed by atoms with Crippen molar-refractivity contribution < 1.29 is 13.2 Å². The van der Waals surface area contributed by atoms with Crippen LogP contribution in [0, 0.1) is 0 Å². The molecule has 0 bridgehead atoms. The fraction of sp³-hybridized carbons (Fsp3) is 0.273. The molecular formula is C11H12ClNO3S. The molecule has 1 heterocycles. The van der Waals surface area contributed by atoms with Gasteiger partial charge in [0.1, 0.15) is 5.75 Å². The second-order valence-corrected chi connectivity index (χ2v) is 6.12. The lowest BCUT2D eigenvalue weighted by atomic mass is 10.2. The fourth-order valence-corrected chi connectivity index (χ4v) is 3.07. The predicted molar refractivity (Wildman–Crippen MR) is 68.3 cm³/mol. The highest BCUT2D eigenvalue weighted by atomic mass is 35.5. The quantitative estimate of drug-likeness (QED) is 0.916. The van der Waals surface area contributed by atoms with Gasteiger partial charge in [0.25, 0.3) is 0 Å². The second kappa shape index (κ2) is 4.58. The first-order valence-electron chi connectivity index (χ1n) is 5.01. The van der Waals surface area contributed by atoms with Crippen LogP contribution >= 0.6 is 11.6 Å². The molecule has 0 aliphatic carbocycles. The lowest BCUT2D eigenvalue weighted by Gasteiger charge is -2.15. The van der Waals surface area contributed by atoms with Crippen LogP contribution in [-0.4, -0.2) is 27.3 Å². The molecule has 0 saturated heterocycles. The summed E-state index contributed by atoms with van der Waals surface area (Å²) in [5.74, 6) is 0.690. The Morgan fingerprint density at radius 2 is 2.24 bits per heavy atom. The summed E-state index contributed by atoms with van der Waals surface area (Å²) in [7, 11) is -1.51. The van der Waals surface area contributed by atoms with Gasteiger partial charge < -0.3 is 10.1 Å². The van der Waals surface area contributed by atoms with Gasteiger partial charge in [0.2, 0.25) is 0 Å². The third-order valence-electron chi connectivity index (χ3n) is 2.43. The Hall–Kier alpha value is -1.20. The second-order valence-electron chi connectivity index (χ2n) is 3.75. The van der Waals surface area contributed by atoms with Gasteiger partial charge in [-0.15, -0.1) is 0 Å².